The lowest BCUT2D eigenvalue weighted by molar-refractivity contribution is -0.112. The summed E-state index contributed by atoms with van der Waals surface area (Å²) in [7, 11) is 0. The van der Waals surface area contributed by atoms with Crippen molar-refractivity contribution < 1.29 is 14.3 Å². The maximum absolute atomic E-state index is 12.6. The van der Waals surface area contributed by atoms with Crippen molar-refractivity contribution in [3.63, 3.8) is 0 Å². The maximum Gasteiger partial charge on any atom is 0.266 e. The first-order valence-electron chi connectivity index (χ1n) is 10.3. The van der Waals surface area contributed by atoms with Gasteiger partial charge < -0.3 is 14.8 Å². The molecule has 1 amide bonds. The molecule has 0 radical (unpaired) electrons. The lowest BCUT2D eigenvalue weighted by Crippen LogP contribution is -2.13. The average molecular weight is 481 g/mol. The van der Waals surface area contributed by atoms with Gasteiger partial charge in [-0.25, -0.2) is 0 Å². The number of halogens is 2. The number of nitrogens with one attached hydrogen (secondary N) is 1. The van der Waals surface area contributed by atoms with Crippen molar-refractivity contribution in [2.75, 3.05) is 11.9 Å². The Morgan fingerprint density at radius 1 is 1.06 bits per heavy atom. The number of nitriles is 1. The number of amides is 1. The molecule has 33 heavy (non-hydrogen) atoms. The Balaban J connectivity index is 1.64. The first-order chi connectivity index (χ1) is 16.0. The minimum absolute atomic E-state index is 0.0275. The number of nitrogens with zero attached hydrogens (tertiary/aromatic N) is 1. The Hall–Kier alpha value is -3.46. The van der Waals surface area contributed by atoms with Crippen molar-refractivity contribution in [3.8, 4) is 17.6 Å². The van der Waals surface area contributed by atoms with Gasteiger partial charge in [-0.05, 0) is 55.0 Å². The third kappa shape index (κ3) is 7.01. The topological polar surface area (TPSA) is 71.3 Å². The summed E-state index contributed by atoms with van der Waals surface area (Å²) in [5.41, 5.74) is 1.99. The van der Waals surface area contributed by atoms with Gasteiger partial charge in [0.05, 0.1) is 6.61 Å². The fourth-order valence-corrected chi connectivity index (χ4v) is 3.34. The van der Waals surface area contributed by atoms with E-state index in [0.717, 1.165) is 12.0 Å². The molecule has 7 heteroatoms. The molecule has 0 fully saturated rings. The molecule has 5 nitrogen and oxygen atoms in total. The summed E-state index contributed by atoms with van der Waals surface area (Å²) in [6.45, 7) is 2.84. The van der Waals surface area contributed by atoms with Crippen molar-refractivity contribution in [3.05, 3.63) is 93.5 Å². The van der Waals surface area contributed by atoms with Crippen molar-refractivity contribution in [1.29, 1.82) is 5.26 Å². The van der Waals surface area contributed by atoms with E-state index in [9.17, 15) is 10.1 Å². The average Bonchev–Trinajstić information content (AvgIpc) is 2.82. The molecule has 168 valence electrons. The molecule has 1 N–H and O–H groups in total. The normalized spacial score (nSPS) is 10.9. The highest BCUT2D eigenvalue weighted by Gasteiger charge is 2.12. The first-order valence-corrected chi connectivity index (χ1v) is 11.1. The van der Waals surface area contributed by atoms with Crippen LogP contribution in [0.4, 0.5) is 5.69 Å². The molecule has 3 aromatic carbocycles. The molecule has 0 heterocycles. The van der Waals surface area contributed by atoms with Crippen LogP contribution in [0.2, 0.25) is 10.0 Å². The SMILES string of the molecule is CCCOc1ccccc1/C=C(\C#N)C(=O)Nc1ccc(OCc2ccc(Cl)cc2Cl)cc1. The summed E-state index contributed by atoms with van der Waals surface area (Å²) in [5.74, 6) is 0.726. The van der Waals surface area contributed by atoms with Crippen molar-refractivity contribution in [2.45, 2.75) is 20.0 Å². The zero-order valence-corrected chi connectivity index (χ0v) is 19.5. The first kappa shape index (κ1) is 24.2. The van der Waals surface area contributed by atoms with Crippen LogP contribution in [-0.2, 0) is 11.4 Å². The smallest absolute Gasteiger partial charge is 0.266 e. The molecule has 3 aromatic rings. The predicted molar refractivity (Wildman–Crippen MR) is 132 cm³/mol. The number of rotatable bonds is 9. The summed E-state index contributed by atoms with van der Waals surface area (Å²) in [6.07, 6.45) is 2.38. The van der Waals surface area contributed by atoms with Gasteiger partial charge in [-0.3, -0.25) is 4.79 Å². The number of para-hydroxylation sites is 1. The molecule has 3 rings (SSSR count). The van der Waals surface area contributed by atoms with Crippen molar-refractivity contribution >= 4 is 40.9 Å². The number of ether oxygens (including phenoxy) is 2. The highest BCUT2D eigenvalue weighted by Crippen LogP contribution is 2.24. The zero-order valence-electron chi connectivity index (χ0n) is 18.0. The van der Waals surface area contributed by atoms with Gasteiger partial charge in [-0.2, -0.15) is 5.26 Å². The molecule has 0 bridgehead atoms. The van der Waals surface area contributed by atoms with Gasteiger partial charge in [0.15, 0.2) is 0 Å². The van der Waals surface area contributed by atoms with Gasteiger partial charge in [0, 0.05) is 26.9 Å². The van der Waals surface area contributed by atoms with Gasteiger partial charge in [-0.1, -0.05) is 54.4 Å². The highest BCUT2D eigenvalue weighted by molar-refractivity contribution is 6.35. The van der Waals surface area contributed by atoms with E-state index in [4.69, 9.17) is 32.7 Å². The minimum atomic E-state index is -0.510. The van der Waals surface area contributed by atoms with E-state index in [1.54, 1.807) is 48.5 Å². The number of hydrogen-bond donors (Lipinski definition) is 1. The maximum atomic E-state index is 12.6. The third-order valence-corrected chi connectivity index (χ3v) is 5.15. The van der Waals surface area contributed by atoms with Crippen molar-refractivity contribution in [2.24, 2.45) is 0 Å². The van der Waals surface area contributed by atoms with Gasteiger partial charge in [-0.15, -0.1) is 0 Å². The quantitative estimate of drug-likeness (QED) is 0.266. The highest BCUT2D eigenvalue weighted by atomic mass is 35.5. The minimum Gasteiger partial charge on any atom is -0.493 e. The van der Waals surface area contributed by atoms with Gasteiger partial charge in [0.2, 0.25) is 0 Å². The lowest BCUT2D eigenvalue weighted by atomic mass is 10.1. The fourth-order valence-electron chi connectivity index (χ4n) is 2.88. The molecule has 0 aliphatic rings. The summed E-state index contributed by atoms with van der Waals surface area (Å²) in [4.78, 5) is 12.6. The van der Waals surface area contributed by atoms with E-state index < -0.39 is 5.91 Å². The molecule has 0 aliphatic carbocycles. The van der Waals surface area contributed by atoms with E-state index >= 15 is 0 Å². The largest absolute Gasteiger partial charge is 0.493 e. The van der Waals surface area contributed by atoms with Crippen LogP contribution in [-0.4, -0.2) is 12.5 Å². The zero-order chi connectivity index (χ0) is 23.6. The summed E-state index contributed by atoms with van der Waals surface area (Å²) >= 11 is 12.1. The number of hydrogen-bond acceptors (Lipinski definition) is 4. The molecular formula is C26H22Cl2N2O3. The van der Waals surface area contributed by atoms with Gasteiger partial charge in [0.25, 0.3) is 5.91 Å². The summed E-state index contributed by atoms with van der Waals surface area (Å²) in [5, 5.41) is 13.3. The van der Waals surface area contributed by atoms with Crippen molar-refractivity contribution in [1.82, 2.24) is 0 Å². The van der Waals surface area contributed by atoms with Crippen LogP contribution in [0.3, 0.4) is 0 Å². The second-order valence-electron chi connectivity index (χ2n) is 7.06. The van der Waals surface area contributed by atoms with Crippen LogP contribution in [0.1, 0.15) is 24.5 Å². The third-order valence-electron chi connectivity index (χ3n) is 4.57. The molecule has 0 spiro atoms. The molecule has 0 unspecified atom stereocenters. The van der Waals surface area contributed by atoms with Gasteiger partial charge in [0.1, 0.15) is 29.7 Å². The van der Waals surface area contributed by atoms with E-state index in [1.165, 1.54) is 6.08 Å². The van der Waals surface area contributed by atoms with Crippen LogP contribution in [0, 0.1) is 11.3 Å². The number of benzene rings is 3. The van der Waals surface area contributed by atoms with Gasteiger partial charge >= 0.3 is 0 Å². The van der Waals surface area contributed by atoms with E-state index in [-0.39, 0.29) is 12.2 Å². The van der Waals surface area contributed by atoms with Crippen LogP contribution >= 0.6 is 23.2 Å². The molecular weight excluding hydrogens is 459 g/mol. The Morgan fingerprint density at radius 3 is 2.52 bits per heavy atom. The Bertz CT molecular complexity index is 1180. The fraction of sp³-hybridized carbons (Fsp3) is 0.154. The molecule has 0 atom stereocenters. The monoisotopic (exact) mass is 480 g/mol. The van der Waals surface area contributed by atoms with E-state index in [0.29, 0.717) is 39.4 Å². The van der Waals surface area contributed by atoms with E-state index in [1.807, 2.05) is 31.2 Å². The molecule has 0 aliphatic heterocycles. The number of anilines is 1. The standard InChI is InChI=1S/C26H22Cl2N2O3/c1-2-13-32-25-6-4-3-5-18(25)14-20(16-29)26(31)30-22-9-11-23(12-10-22)33-17-19-7-8-21(27)15-24(19)28/h3-12,14-15H,2,13,17H2,1H3,(H,30,31)/b20-14+. The van der Waals surface area contributed by atoms with Crippen LogP contribution < -0.4 is 14.8 Å². The lowest BCUT2D eigenvalue weighted by Gasteiger charge is -2.10. The Labute approximate surface area is 203 Å². The van der Waals surface area contributed by atoms with Crippen LogP contribution in [0.25, 0.3) is 6.08 Å². The second kappa shape index (κ2) is 12.0. The Kier molecular flexibility index (Phi) is 8.77. The number of carbonyl (C=O) groups is 1. The number of carbonyl (C=O) groups excluding carboxylic acids is 1. The van der Waals surface area contributed by atoms with Crippen LogP contribution in [0.5, 0.6) is 11.5 Å². The van der Waals surface area contributed by atoms with E-state index in [2.05, 4.69) is 5.32 Å². The van der Waals surface area contributed by atoms with Crippen LogP contribution in [0.15, 0.2) is 72.3 Å². The second-order valence-corrected chi connectivity index (χ2v) is 7.90. The predicted octanol–water partition coefficient (Wildman–Crippen LogP) is 6.91. The molecule has 0 saturated carbocycles. The molecule has 0 saturated heterocycles. The molecule has 0 aromatic heterocycles. The Morgan fingerprint density at radius 2 is 1.82 bits per heavy atom. The summed E-state index contributed by atoms with van der Waals surface area (Å²) in [6, 6.07) is 21.3. The summed E-state index contributed by atoms with van der Waals surface area (Å²) < 4.78 is 11.4.